The van der Waals surface area contributed by atoms with Crippen LogP contribution in [-0.2, 0) is 9.59 Å². The molecule has 1 N–H and O–H groups in total. The number of rotatable bonds is 6. The van der Waals surface area contributed by atoms with Crippen LogP contribution in [0, 0.1) is 13.8 Å². The third-order valence-electron chi connectivity index (χ3n) is 4.47. The summed E-state index contributed by atoms with van der Waals surface area (Å²) in [5.41, 5.74) is 2.36. The zero-order valence-electron chi connectivity index (χ0n) is 17.3. The summed E-state index contributed by atoms with van der Waals surface area (Å²) in [5.74, 6) is -0.886. The van der Waals surface area contributed by atoms with E-state index in [1.54, 1.807) is 24.3 Å². The van der Waals surface area contributed by atoms with Gasteiger partial charge in [-0.15, -0.1) is 0 Å². The highest BCUT2D eigenvalue weighted by Crippen LogP contribution is 2.37. The van der Waals surface area contributed by atoms with E-state index in [-0.39, 0.29) is 17.2 Å². The van der Waals surface area contributed by atoms with E-state index in [1.807, 2.05) is 19.9 Å². The number of aryl methyl sites for hydroxylation is 2. The number of halogens is 1. The molecule has 0 radical (unpaired) electrons. The first-order valence-electron chi connectivity index (χ1n) is 9.36. The van der Waals surface area contributed by atoms with Gasteiger partial charge < -0.3 is 9.47 Å². The average molecular weight is 441 g/mol. The van der Waals surface area contributed by atoms with Crippen molar-refractivity contribution >= 4 is 41.2 Å². The number of imide groups is 2. The molecule has 1 saturated heterocycles. The molecule has 0 spiro atoms. The molecule has 4 amide bonds. The standard InChI is InChI=1S/C23H21ClN2O5/c1-5-6-31-20-18(24)11-15(12-19(20)30-4)10-17-21(27)25-23(29)26(22(17)28)16-8-13(2)7-14(3)9-16/h5,7-12H,1,6H2,2-4H3,(H,25,27,29)/b17-10+. The van der Waals surface area contributed by atoms with E-state index in [9.17, 15) is 14.4 Å². The summed E-state index contributed by atoms with van der Waals surface area (Å²) < 4.78 is 10.8. The maximum atomic E-state index is 13.1. The molecule has 2 aromatic carbocycles. The van der Waals surface area contributed by atoms with Crippen LogP contribution in [0.1, 0.15) is 16.7 Å². The molecule has 160 valence electrons. The summed E-state index contributed by atoms with van der Waals surface area (Å²) in [5, 5.41) is 2.44. The molecule has 0 bridgehead atoms. The molecule has 2 aromatic rings. The summed E-state index contributed by atoms with van der Waals surface area (Å²) in [6, 6.07) is 7.62. The Hall–Kier alpha value is -3.58. The quantitative estimate of drug-likeness (QED) is 0.413. The Morgan fingerprint density at radius 3 is 2.39 bits per heavy atom. The minimum absolute atomic E-state index is 0.211. The molecule has 0 saturated carbocycles. The van der Waals surface area contributed by atoms with Crippen LogP contribution >= 0.6 is 11.6 Å². The second kappa shape index (κ2) is 9.06. The fraction of sp³-hybridized carbons (Fsp3) is 0.174. The average Bonchev–Trinajstić information content (AvgIpc) is 2.69. The van der Waals surface area contributed by atoms with E-state index in [0.29, 0.717) is 22.7 Å². The van der Waals surface area contributed by atoms with Gasteiger partial charge in [-0.05, 0) is 60.9 Å². The van der Waals surface area contributed by atoms with Gasteiger partial charge in [-0.1, -0.05) is 30.3 Å². The third-order valence-corrected chi connectivity index (χ3v) is 4.76. The molecule has 8 heteroatoms. The van der Waals surface area contributed by atoms with Crippen LogP contribution in [0.15, 0.2) is 48.6 Å². The van der Waals surface area contributed by atoms with Gasteiger partial charge >= 0.3 is 6.03 Å². The lowest BCUT2D eigenvalue weighted by Gasteiger charge is -2.27. The number of urea groups is 1. The Bertz CT molecular complexity index is 1100. The minimum Gasteiger partial charge on any atom is -0.493 e. The second-order valence-corrected chi connectivity index (χ2v) is 7.34. The predicted molar refractivity (Wildman–Crippen MR) is 119 cm³/mol. The van der Waals surface area contributed by atoms with Crippen LogP contribution in [0.25, 0.3) is 6.08 Å². The monoisotopic (exact) mass is 440 g/mol. The molecule has 1 aliphatic rings. The molecule has 0 unspecified atom stereocenters. The van der Waals surface area contributed by atoms with Gasteiger partial charge in [-0.25, -0.2) is 9.69 Å². The Labute approximate surface area is 184 Å². The van der Waals surface area contributed by atoms with E-state index < -0.39 is 17.8 Å². The van der Waals surface area contributed by atoms with Crippen LogP contribution in [0.5, 0.6) is 11.5 Å². The highest BCUT2D eigenvalue weighted by molar-refractivity contribution is 6.39. The largest absolute Gasteiger partial charge is 0.493 e. The maximum absolute atomic E-state index is 13.1. The molecule has 0 aromatic heterocycles. The number of amides is 4. The van der Waals surface area contributed by atoms with Gasteiger partial charge in [0.25, 0.3) is 11.8 Å². The van der Waals surface area contributed by atoms with Crippen LogP contribution < -0.4 is 19.7 Å². The minimum atomic E-state index is -0.805. The van der Waals surface area contributed by atoms with Crippen molar-refractivity contribution in [2.45, 2.75) is 13.8 Å². The van der Waals surface area contributed by atoms with Gasteiger partial charge in [0.05, 0.1) is 17.8 Å². The lowest BCUT2D eigenvalue weighted by molar-refractivity contribution is -0.122. The molecule has 0 aliphatic carbocycles. The third kappa shape index (κ3) is 4.62. The van der Waals surface area contributed by atoms with Crippen molar-refractivity contribution in [2.75, 3.05) is 18.6 Å². The Morgan fingerprint density at radius 1 is 1.10 bits per heavy atom. The zero-order valence-corrected chi connectivity index (χ0v) is 18.1. The normalized spacial score (nSPS) is 15.2. The van der Waals surface area contributed by atoms with E-state index in [0.717, 1.165) is 16.0 Å². The number of carbonyl (C=O) groups is 3. The van der Waals surface area contributed by atoms with Gasteiger partial charge in [-0.3, -0.25) is 14.9 Å². The lowest BCUT2D eigenvalue weighted by Crippen LogP contribution is -2.54. The predicted octanol–water partition coefficient (Wildman–Crippen LogP) is 4.20. The Balaban J connectivity index is 2.04. The molecule has 1 aliphatic heterocycles. The topological polar surface area (TPSA) is 84.9 Å². The fourth-order valence-electron chi connectivity index (χ4n) is 3.24. The molecule has 1 fully saturated rings. The van der Waals surface area contributed by atoms with E-state index in [4.69, 9.17) is 21.1 Å². The highest BCUT2D eigenvalue weighted by Gasteiger charge is 2.37. The van der Waals surface area contributed by atoms with Gasteiger partial charge in [-0.2, -0.15) is 0 Å². The first-order valence-corrected chi connectivity index (χ1v) is 9.74. The molecule has 31 heavy (non-hydrogen) atoms. The number of benzene rings is 2. The SMILES string of the molecule is C=CCOc1c(Cl)cc(/C=C2\C(=O)NC(=O)N(c3cc(C)cc(C)c3)C2=O)cc1OC. The van der Waals surface area contributed by atoms with E-state index in [2.05, 4.69) is 11.9 Å². The number of hydrogen-bond donors (Lipinski definition) is 1. The van der Waals surface area contributed by atoms with E-state index >= 15 is 0 Å². The number of anilines is 1. The van der Waals surface area contributed by atoms with Gasteiger partial charge in [0.2, 0.25) is 0 Å². The maximum Gasteiger partial charge on any atom is 0.335 e. The van der Waals surface area contributed by atoms with Crippen molar-refractivity contribution in [1.82, 2.24) is 5.32 Å². The smallest absolute Gasteiger partial charge is 0.335 e. The Morgan fingerprint density at radius 2 is 1.77 bits per heavy atom. The fourth-order valence-corrected chi connectivity index (χ4v) is 3.52. The summed E-state index contributed by atoms with van der Waals surface area (Å²) >= 11 is 6.30. The number of nitrogens with zero attached hydrogens (tertiary/aromatic N) is 1. The molecule has 1 heterocycles. The van der Waals surface area contributed by atoms with Gasteiger partial charge in [0, 0.05) is 0 Å². The van der Waals surface area contributed by atoms with Crippen LogP contribution in [0.2, 0.25) is 5.02 Å². The van der Waals surface area contributed by atoms with Gasteiger partial charge in [0.1, 0.15) is 12.2 Å². The molecule has 3 rings (SSSR count). The van der Waals surface area contributed by atoms with Crippen LogP contribution in [0.4, 0.5) is 10.5 Å². The number of carbonyl (C=O) groups excluding carboxylic acids is 3. The van der Waals surface area contributed by atoms with Crippen LogP contribution in [0.3, 0.4) is 0 Å². The van der Waals surface area contributed by atoms with Crippen LogP contribution in [-0.4, -0.2) is 31.6 Å². The van der Waals surface area contributed by atoms with Crippen molar-refractivity contribution in [1.29, 1.82) is 0 Å². The first-order chi connectivity index (χ1) is 14.7. The zero-order chi connectivity index (χ0) is 22.7. The Kier molecular flexibility index (Phi) is 6.46. The van der Waals surface area contributed by atoms with Gasteiger partial charge in [0.15, 0.2) is 11.5 Å². The summed E-state index contributed by atoms with van der Waals surface area (Å²) in [6.45, 7) is 7.53. The number of ether oxygens (including phenoxy) is 2. The number of hydrogen-bond acceptors (Lipinski definition) is 5. The lowest BCUT2D eigenvalue weighted by atomic mass is 10.0. The highest BCUT2D eigenvalue weighted by atomic mass is 35.5. The summed E-state index contributed by atoms with van der Waals surface area (Å²) in [6.07, 6.45) is 2.92. The summed E-state index contributed by atoms with van der Waals surface area (Å²) in [4.78, 5) is 38.9. The number of nitrogens with one attached hydrogen (secondary N) is 1. The van der Waals surface area contributed by atoms with Crippen molar-refractivity contribution in [3.63, 3.8) is 0 Å². The van der Waals surface area contributed by atoms with Crippen molar-refractivity contribution < 1.29 is 23.9 Å². The molecule has 7 nitrogen and oxygen atoms in total. The molecular weight excluding hydrogens is 420 g/mol. The summed E-state index contributed by atoms with van der Waals surface area (Å²) in [7, 11) is 1.45. The van der Waals surface area contributed by atoms with Crippen molar-refractivity contribution in [3.8, 4) is 11.5 Å². The molecule has 0 atom stereocenters. The van der Waals surface area contributed by atoms with Crippen molar-refractivity contribution in [2.24, 2.45) is 0 Å². The van der Waals surface area contributed by atoms with E-state index in [1.165, 1.54) is 19.3 Å². The number of barbiturate groups is 1. The first kappa shape index (κ1) is 22.1. The molecular formula is C23H21ClN2O5. The van der Waals surface area contributed by atoms with Crippen molar-refractivity contribution in [3.05, 3.63) is 70.3 Å². The second-order valence-electron chi connectivity index (χ2n) is 6.94. The number of methoxy groups -OCH3 is 1.